The van der Waals surface area contributed by atoms with Crippen molar-refractivity contribution in [1.82, 2.24) is 19.7 Å². The number of fused-ring (bicyclic) bond motifs is 3. The maximum absolute atomic E-state index is 12.9. The fourth-order valence-corrected chi connectivity index (χ4v) is 6.59. The van der Waals surface area contributed by atoms with E-state index in [1.807, 2.05) is 17.0 Å². The normalized spacial score (nSPS) is 25.8. The van der Waals surface area contributed by atoms with Gasteiger partial charge in [-0.05, 0) is 53.0 Å². The maximum Gasteiger partial charge on any atom is 0.246 e. The maximum atomic E-state index is 12.9. The molecule has 36 heavy (non-hydrogen) atoms. The second-order valence-electron chi connectivity index (χ2n) is 10.1. The summed E-state index contributed by atoms with van der Waals surface area (Å²) in [6.07, 6.45) is 8.54. The highest BCUT2D eigenvalue weighted by atomic mass is 32.1. The molecule has 0 spiro atoms. The van der Waals surface area contributed by atoms with Crippen molar-refractivity contribution in [2.75, 3.05) is 38.0 Å². The summed E-state index contributed by atoms with van der Waals surface area (Å²) in [7, 11) is 0. The summed E-state index contributed by atoms with van der Waals surface area (Å²) in [6, 6.07) is 5.87. The van der Waals surface area contributed by atoms with Crippen LogP contribution in [0.15, 0.2) is 41.9 Å². The van der Waals surface area contributed by atoms with Crippen LogP contribution in [0.1, 0.15) is 29.3 Å². The quantitative estimate of drug-likeness (QED) is 0.651. The van der Waals surface area contributed by atoms with Gasteiger partial charge >= 0.3 is 0 Å². The average molecular weight is 504 g/mol. The predicted octanol–water partition coefficient (Wildman–Crippen LogP) is 2.70. The number of aromatic nitrogens is 1. The molecule has 0 aromatic carbocycles. The van der Waals surface area contributed by atoms with E-state index in [9.17, 15) is 14.4 Å². The zero-order chi connectivity index (χ0) is 24.8. The number of carbonyl (C=O) groups is 3. The minimum Gasteiger partial charge on any atom is -0.340 e. The van der Waals surface area contributed by atoms with Gasteiger partial charge in [0.05, 0.1) is 0 Å². The first-order valence-electron chi connectivity index (χ1n) is 12.5. The van der Waals surface area contributed by atoms with E-state index >= 15 is 0 Å². The summed E-state index contributed by atoms with van der Waals surface area (Å²) in [6.45, 7) is 5.30. The summed E-state index contributed by atoms with van der Waals surface area (Å²) in [5.74, 6) is 1.37. The Labute approximate surface area is 214 Å². The highest BCUT2D eigenvalue weighted by Crippen LogP contribution is 2.42. The van der Waals surface area contributed by atoms with E-state index in [1.165, 1.54) is 17.4 Å². The lowest BCUT2D eigenvalue weighted by atomic mass is 10.00. The molecule has 8 nitrogen and oxygen atoms in total. The Morgan fingerprint density at radius 1 is 1.19 bits per heavy atom. The Bertz CT molecular complexity index is 1270. The van der Waals surface area contributed by atoms with Gasteiger partial charge in [0, 0.05) is 68.9 Å². The predicted molar refractivity (Wildman–Crippen MR) is 139 cm³/mol. The fourth-order valence-electron chi connectivity index (χ4n) is 5.82. The zero-order valence-corrected chi connectivity index (χ0v) is 21.0. The second-order valence-corrected chi connectivity index (χ2v) is 11.0. The van der Waals surface area contributed by atoms with Crippen LogP contribution in [0.4, 0.5) is 5.82 Å². The minimum atomic E-state index is -0.388. The molecule has 3 unspecified atom stereocenters. The van der Waals surface area contributed by atoms with Crippen LogP contribution in [0.25, 0.3) is 11.6 Å². The van der Waals surface area contributed by atoms with Crippen LogP contribution < -0.4 is 5.32 Å². The topological polar surface area (TPSA) is 85.8 Å². The number of anilines is 1. The SMILES string of the molecule is CC(=O)N1CCN2Cc3cc(/C=C/C(=O)N4CC5C=C(c6cccs6)CC5C4)cnc3NC(=O)C2C1. The molecule has 2 aromatic heterocycles. The lowest BCUT2D eigenvalue weighted by molar-refractivity contribution is -0.134. The average Bonchev–Trinajstić information content (AvgIpc) is 3.59. The Kier molecular flexibility index (Phi) is 5.97. The first-order chi connectivity index (χ1) is 17.4. The summed E-state index contributed by atoms with van der Waals surface area (Å²) in [5, 5.41) is 5.03. The molecule has 0 saturated carbocycles. The van der Waals surface area contributed by atoms with E-state index in [1.54, 1.807) is 28.5 Å². The van der Waals surface area contributed by atoms with Gasteiger partial charge in [-0.2, -0.15) is 0 Å². The molecule has 5 heterocycles. The Morgan fingerprint density at radius 2 is 2.08 bits per heavy atom. The molecule has 186 valence electrons. The third kappa shape index (κ3) is 4.37. The molecule has 3 aliphatic heterocycles. The van der Waals surface area contributed by atoms with Crippen molar-refractivity contribution in [1.29, 1.82) is 0 Å². The number of piperazine rings is 1. The van der Waals surface area contributed by atoms with Gasteiger partial charge in [0.2, 0.25) is 17.7 Å². The molecule has 0 radical (unpaired) electrons. The minimum absolute atomic E-state index is 0.0139. The molecule has 1 aliphatic carbocycles. The standard InChI is InChI=1S/C27H29N5O3S/c1-17(33)30-6-7-31-15-22-9-18(12-28-26(22)29-27(35)23(31)16-30)4-5-25(34)32-13-20-10-19(11-21(20)14-32)24-3-2-8-36-24/h2-5,8-10,12,20-21,23H,6-7,11,13-16H2,1H3,(H,28,29,35)/b5-4+. The van der Waals surface area contributed by atoms with Crippen LogP contribution in [0.5, 0.6) is 0 Å². The molecule has 1 N–H and O–H groups in total. The number of rotatable bonds is 3. The third-order valence-corrected chi connectivity index (χ3v) is 8.74. The molecular weight excluding hydrogens is 474 g/mol. The summed E-state index contributed by atoms with van der Waals surface area (Å²) >= 11 is 1.78. The molecule has 2 saturated heterocycles. The van der Waals surface area contributed by atoms with Gasteiger partial charge in [-0.3, -0.25) is 19.3 Å². The monoisotopic (exact) mass is 503 g/mol. The first-order valence-corrected chi connectivity index (χ1v) is 13.3. The molecule has 9 heteroatoms. The molecule has 3 amide bonds. The van der Waals surface area contributed by atoms with E-state index in [2.05, 4.69) is 38.8 Å². The zero-order valence-electron chi connectivity index (χ0n) is 20.2. The number of pyridine rings is 1. The summed E-state index contributed by atoms with van der Waals surface area (Å²) in [5.41, 5.74) is 3.17. The van der Waals surface area contributed by atoms with Gasteiger partial charge in [0.15, 0.2) is 0 Å². The fraction of sp³-hybridized carbons (Fsp3) is 0.407. The van der Waals surface area contributed by atoms with Crippen molar-refractivity contribution in [2.24, 2.45) is 11.8 Å². The van der Waals surface area contributed by atoms with Crippen molar-refractivity contribution < 1.29 is 14.4 Å². The molecule has 0 bridgehead atoms. The van der Waals surface area contributed by atoms with E-state index in [0.29, 0.717) is 43.8 Å². The third-order valence-electron chi connectivity index (χ3n) is 7.80. The van der Waals surface area contributed by atoms with Crippen molar-refractivity contribution in [3.05, 3.63) is 57.9 Å². The Hall–Kier alpha value is -3.30. The lowest BCUT2D eigenvalue weighted by Gasteiger charge is -2.38. The molecule has 4 aliphatic rings. The second kappa shape index (κ2) is 9.29. The van der Waals surface area contributed by atoms with Crippen LogP contribution in [0.2, 0.25) is 0 Å². The number of likely N-dealkylation sites (tertiary alicyclic amines) is 1. The van der Waals surface area contributed by atoms with Gasteiger partial charge in [-0.25, -0.2) is 4.98 Å². The van der Waals surface area contributed by atoms with E-state index in [-0.39, 0.29) is 23.8 Å². The molecule has 6 rings (SSSR count). The van der Waals surface area contributed by atoms with Crippen LogP contribution in [-0.4, -0.2) is 76.2 Å². The van der Waals surface area contributed by atoms with Crippen LogP contribution in [0, 0.1) is 11.8 Å². The highest BCUT2D eigenvalue weighted by Gasteiger charge is 2.38. The van der Waals surface area contributed by atoms with Crippen LogP contribution >= 0.6 is 11.3 Å². The summed E-state index contributed by atoms with van der Waals surface area (Å²) < 4.78 is 0. The number of amides is 3. The number of nitrogens with zero attached hydrogens (tertiary/aromatic N) is 4. The van der Waals surface area contributed by atoms with Crippen molar-refractivity contribution >= 4 is 46.5 Å². The molecule has 2 fully saturated rings. The number of allylic oxidation sites excluding steroid dienone is 1. The summed E-state index contributed by atoms with van der Waals surface area (Å²) in [4.78, 5) is 49.1. The molecule has 3 atom stereocenters. The smallest absolute Gasteiger partial charge is 0.246 e. The van der Waals surface area contributed by atoms with E-state index < -0.39 is 0 Å². The number of hydrogen-bond donors (Lipinski definition) is 1. The van der Waals surface area contributed by atoms with Gasteiger partial charge < -0.3 is 15.1 Å². The van der Waals surface area contributed by atoms with Crippen molar-refractivity contribution in [2.45, 2.75) is 25.9 Å². The largest absolute Gasteiger partial charge is 0.340 e. The van der Waals surface area contributed by atoms with Gasteiger partial charge in [-0.15, -0.1) is 11.3 Å². The Morgan fingerprint density at radius 3 is 2.86 bits per heavy atom. The van der Waals surface area contributed by atoms with Crippen LogP contribution in [-0.2, 0) is 20.9 Å². The highest BCUT2D eigenvalue weighted by molar-refractivity contribution is 7.11. The Balaban J connectivity index is 1.11. The van der Waals surface area contributed by atoms with Crippen molar-refractivity contribution in [3.63, 3.8) is 0 Å². The number of nitrogens with one attached hydrogen (secondary N) is 1. The van der Waals surface area contributed by atoms with Crippen LogP contribution in [0.3, 0.4) is 0 Å². The number of hydrogen-bond acceptors (Lipinski definition) is 6. The molecule has 2 aromatic rings. The van der Waals surface area contributed by atoms with Gasteiger partial charge in [-0.1, -0.05) is 12.1 Å². The van der Waals surface area contributed by atoms with Gasteiger partial charge in [0.25, 0.3) is 0 Å². The number of carbonyl (C=O) groups excluding carboxylic acids is 3. The van der Waals surface area contributed by atoms with E-state index in [0.717, 1.165) is 30.6 Å². The van der Waals surface area contributed by atoms with Crippen molar-refractivity contribution in [3.8, 4) is 0 Å². The molecular formula is C27H29N5O3S. The lowest BCUT2D eigenvalue weighted by Crippen LogP contribution is -2.57. The first kappa shape index (κ1) is 23.1. The van der Waals surface area contributed by atoms with Gasteiger partial charge in [0.1, 0.15) is 11.9 Å². The number of thiophene rings is 1. The van der Waals surface area contributed by atoms with E-state index in [4.69, 9.17) is 0 Å².